The highest BCUT2D eigenvalue weighted by Gasteiger charge is 2.35. The number of hydrogen-bond acceptors (Lipinski definition) is 7. The van der Waals surface area contributed by atoms with E-state index in [9.17, 15) is 18.0 Å². The first-order chi connectivity index (χ1) is 21.2. The Morgan fingerprint density at radius 3 is 2.20 bits per heavy atom. The lowest BCUT2D eigenvalue weighted by Gasteiger charge is -2.37. The van der Waals surface area contributed by atoms with Crippen LogP contribution in [-0.4, -0.2) is 79.4 Å². The van der Waals surface area contributed by atoms with E-state index in [2.05, 4.69) is 10.2 Å². The van der Waals surface area contributed by atoms with Crippen molar-refractivity contribution in [1.29, 1.82) is 0 Å². The monoisotopic (exact) mass is 618 g/mol. The SMILES string of the molecule is CC1CCCC(C)N1S(=O)(=O)c1ccc(NC(=O)c2ccccc2C(=O)N2CCN(Cc3ccc4c(c3)OCO4)CC2)cc1. The maximum atomic E-state index is 13.6. The van der Waals surface area contributed by atoms with Crippen LogP contribution in [0.2, 0.25) is 0 Å². The highest BCUT2D eigenvalue weighted by molar-refractivity contribution is 7.89. The summed E-state index contributed by atoms with van der Waals surface area (Å²) in [6.45, 7) is 7.38. The second-order valence-electron chi connectivity index (χ2n) is 11.7. The van der Waals surface area contributed by atoms with Gasteiger partial charge in [-0.15, -0.1) is 0 Å². The molecule has 232 valence electrons. The zero-order valence-corrected chi connectivity index (χ0v) is 25.9. The van der Waals surface area contributed by atoms with Crippen LogP contribution in [0.25, 0.3) is 0 Å². The molecule has 2 unspecified atom stereocenters. The molecule has 2 amide bonds. The van der Waals surface area contributed by atoms with E-state index in [1.165, 1.54) is 12.1 Å². The minimum absolute atomic E-state index is 0.0600. The Hall–Kier alpha value is -3.93. The lowest BCUT2D eigenvalue weighted by molar-refractivity contribution is 0.0625. The fraction of sp³-hybridized carbons (Fsp3) is 0.394. The van der Waals surface area contributed by atoms with E-state index in [0.717, 1.165) is 42.9 Å². The van der Waals surface area contributed by atoms with Crippen LogP contribution in [0.4, 0.5) is 5.69 Å². The van der Waals surface area contributed by atoms with Crippen LogP contribution in [0.15, 0.2) is 71.6 Å². The van der Waals surface area contributed by atoms with Crippen molar-refractivity contribution < 1.29 is 27.5 Å². The molecule has 3 aromatic carbocycles. The number of sulfonamides is 1. The van der Waals surface area contributed by atoms with Crippen molar-refractivity contribution >= 4 is 27.5 Å². The van der Waals surface area contributed by atoms with Crippen LogP contribution in [0.5, 0.6) is 11.5 Å². The Morgan fingerprint density at radius 1 is 0.841 bits per heavy atom. The predicted molar refractivity (Wildman–Crippen MR) is 166 cm³/mol. The predicted octanol–water partition coefficient (Wildman–Crippen LogP) is 4.58. The lowest BCUT2D eigenvalue weighted by atomic mass is 10.0. The first-order valence-corrected chi connectivity index (χ1v) is 16.6. The van der Waals surface area contributed by atoms with Crippen molar-refractivity contribution in [1.82, 2.24) is 14.1 Å². The third-order valence-corrected chi connectivity index (χ3v) is 10.8. The van der Waals surface area contributed by atoms with Gasteiger partial charge in [-0.2, -0.15) is 4.31 Å². The van der Waals surface area contributed by atoms with Crippen molar-refractivity contribution in [3.63, 3.8) is 0 Å². The fourth-order valence-electron chi connectivity index (χ4n) is 6.35. The summed E-state index contributed by atoms with van der Waals surface area (Å²) in [4.78, 5) is 31.2. The van der Waals surface area contributed by atoms with E-state index in [1.807, 2.05) is 32.0 Å². The molecule has 11 heteroatoms. The third-order valence-electron chi connectivity index (χ3n) is 8.70. The summed E-state index contributed by atoms with van der Waals surface area (Å²) in [6, 6.07) is 18.9. The number of carbonyl (C=O) groups is 2. The number of anilines is 1. The second kappa shape index (κ2) is 12.6. The summed E-state index contributed by atoms with van der Waals surface area (Å²) in [5.41, 5.74) is 2.18. The molecule has 0 saturated carbocycles. The largest absolute Gasteiger partial charge is 0.454 e. The summed E-state index contributed by atoms with van der Waals surface area (Å²) in [5.74, 6) is 0.900. The van der Waals surface area contributed by atoms with Gasteiger partial charge < -0.3 is 19.7 Å². The number of amides is 2. The van der Waals surface area contributed by atoms with Crippen molar-refractivity contribution in [3.05, 3.63) is 83.4 Å². The fourth-order valence-corrected chi connectivity index (χ4v) is 8.23. The van der Waals surface area contributed by atoms with Crippen LogP contribution < -0.4 is 14.8 Å². The van der Waals surface area contributed by atoms with E-state index in [0.29, 0.717) is 37.4 Å². The van der Waals surface area contributed by atoms with E-state index in [1.54, 1.807) is 45.6 Å². The number of nitrogens with one attached hydrogen (secondary N) is 1. The minimum Gasteiger partial charge on any atom is -0.454 e. The number of hydrogen-bond donors (Lipinski definition) is 1. The summed E-state index contributed by atoms with van der Waals surface area (Å²) < 4.78 is 39.2. The van der Waals surface area contributed by atoms with Gasteiger partial charge in [-0.3, -0.25) is 14.5 Å². The molecule has 6 rings (SSSR count). The topological polar surface area (TPSA) is 108 Å². The van der Waals surface area contributed by atoms with Crippen molar-refractivity contribution in [2.75, 3.05) is 38.3 Å². The molecule has 1 N–H and O–H groups in total. The molecule has 3 heterocycles. The van der Waals surface area contributed by atoms with Gasteiger partial charge in [-0.1, -0.05) is 24.6 Å². The van der Waals surface area contributed by atoms with Gasteiger partial charge in [-0.25, -0.2) is 8.42 Å². The molecule has 0 spiro atoms. The average Bonchev–Trinajstić information content (AvgIpc) is 3.49. The second-order valence-corrected chi connectivity index (χ2v) is 13.6. The number of ether oxygens (including phenoxy) is 2. The van der Waals surface area contributed by atoms with Crippen LogP contribution in [-0.2, 0) is 16.6 Å². The van der Waals surface area contributed by atoms with Gasteiger partial charge in [0.05, 0.1) is 16.0 Å². The molecule has 0 radical (unpaired) electrons. The van der Waals surface area contributed by atoms with Gasteiger partial charge >= 0.3 is 0 Å². The molecule has 3 aliphatic rings. The first kappa shape index (κ1) is 30.1. The molecule has 0 aliphatic carbocycles. The molecular formula is C33H38N4O6S. The maximum Gasteiger partial charge on any atom is 0.256 e. The van der Waals surface area contributed by atoms with Crippen molar-refractivity contribution in [2.45, 2.75) is 56.6 Å². The molecule has 2 fully saturated rings. The molecule has 0 aromatic heterocycles. The van der Waals surface area contributed by atoms with Crippen molar-refractivity contribution in [2.24, 2.45) is 0 Å². The van der Waals surface area contributed by atoms with Crippen LogP contribution in [0.3, 0.4) is 0 Å². The Balaban J connectivity index is 1.08. The van der Waals surface area contributed by atoms with Gasteiger partial charge in [0.1, 0.15) is 0 Å². The summed E-state index contributed by atoms with van der Waals surface area (Å²) in [7, 11) is -3.66. The highest BCUT2D eigenvalue weighted by Crippen LogP contribution is 2.33. The molecule has 0 bridgehead atoms. The highest BCUT2D eigenvalue weighted by atomic mass is 32.2. The van der Waals surface area contributed by atoms with E-state index in [4.69, 9.17) is 9.47 Å². The molecule has 2 saturated heterocycles. The molecule has 3 aromatic rings. The Bertz CT molecular complexity index is 1630. The summed E-state index contributed by atoms with van der Waals surface area (Å²) in [5, 5.41) is 2.84. The standard InChI is InChI=1S/C33H38N4O6S/c1-23-6-5-7-24(2)37(23)44(40,41)27-13-11-26(12-14-27)34-32(38)28-8-3-4-9-29(28)33(39)36-18-16-35(17-19-36)21-25-10-15-30-31(20-25)43-22-42-30/h3-4,8-15,20,23-24H,5-7,16-19,21-22H2,1-2H3,(H,34,38). The van der Waals surface area contributed by atoms with Crippen LogP contribution in [0, 0.1) is 0 Å². The zero-order valence-electron chi connectivity index (χ0n) is 25.1. The molecular weight excluding hydrogens is 580 g/mol. The number of piperazine rings is 1. The Kier molecular flexibility index (Phi) is 8.61. The molecule has 44 heavy (non-hydrogen) atoms. The van der Waals surface area contributed by atoms with Crippen LogP contribution >= 0.6 is 0 Å². The number of piperidine rings is 1. The molecule has 3 aliphatic heterocycles. The summed E-state index contributed by atoms with van der Waals surface area (Å²) >= 11 is 0. The first-order valence-electron chi connectivity index (χ1n) is 15.1. The maximum absolute atomic E-state index is 13.6. The van der Waals surface area contributed by atoms with Gasteiger partial charge in [0.25, 0.3) is 11.8 Å². The number of fused-ring (bicyclic) bond motifs is 1. The zero-order chi connectivity index (χ0) is 30.8. The quantitative estimate of drug-likeness (QED) is 0.413. The number of benzene rings is 3. The van der Waals surface area contributed by atoms with Gasteiger partial charge in [0.15, 0.2) is 11.5 Å². The third kappa shape index (κ3) is 6.17. The minimum atomic E-state index is -3.66. The summed E-state index contributed by atoms with van der Waals surface area (Å²) in [6.07, 6.45) is 2.70. The Labute approximate surface area is 258 Å². The number of nitrogens with zero attached hydrogens (tertiary/aromatic N) is 3. The van der Waals surface area contributed by atoms with E-state index >= 15 is 0 Å². The smallest absolute Gasteiger partial charge is 0.256 e. The van der Waals surface area contributed by atoms with Crippen molar-refractivity contribution in [3.8, 4) is 11.5 Å². The molecule has 10 nitrogen and oxygen atoms in total. The molecule has 2 atom stereocenters. The Morgan fingerprint density at radius 2 is 1.50 bits per heavy atom. The van der Waals surface area contributed by atoms with Gasteiger partial charge in [0.2, 0.25) is 16.8 Å². The van der Waals surface area contributed by atoms with Gasteiger partial charge in [0, 0.05) is 50.5 Å². The van der Waals surface area contributed by atoms with Crippen LogP contribution in [0.1, 0.15) is 59.4 Å². The van der Waals surface area contributed by atoms with E-state index < -0.39 is 15.9 Å². The lowest BCUT2D eigenvalue weighted by Crippen LogP contribution is -2.48. The number of rotatable bonds is 7. The van der Waals surface area contributed by atoms with E-state index in [-0.39, 0.29) is 35.2 Å². The number of carbonyl (C=O) groups excluding carboxylic acids is 2. The normalized spacial score (nSPS) is 20.8. The average molecular weight is 619 g/mol. The van der Waals surface area contributed by atoms with Gasteiger partial charge in [-0.05, 0) is 80.8 Å².